The number of H-pyrrole nitrogens is 1. The molecule has 2 aromatic rings. The molecule has 1 saturated carbocycles. The number of para-hydroxylation sites is 1. The Morgan fingerprint density at radius 3 is 2.78 bits per heavy atom. The molecule has 2 heterocycles. The number of aromatic nitrogens is 2. The molecule has 23 heavy (non-hydrogen) atoms. The Hall–Kier alpha value is -2.28. The largest absolute Gasteiger partial charge is 0.347 e. The van der Waals surface area contributed by atoms with Crippen molar-refractivity contribution in [2.24, 2.45) is 4.99 Å². The summed E-state index contributed by atoms with van der Waals surface area (Å²) in [5.41, 5.74) is 2.21. The van der Waals surface area contributed by atoms with Crippen LogP contribution in [-0.2, 0) is 0 Å². The fourth-order valence-corrected chi connectivity index (χ4v) is 2.77. The van der Waals surface area contributed by atoms with Crippen molar-refractivity contribution in [1.82, 2.24) is 15.5 Å². The van der Waals surface area contributed by atoms with Crippen LogP contribution in [-0.4, -0.2) is 22.7 Å². The quantitative estimate of drug-likeness (QED) is 0.649. The number of nitrogens with one attached hydrogen (secondary N) is 4. The highest BCUT2D eigenvalue weighted by Gasteiger charge is 2.26. The van der Waals surface area contributed by atoms with Gasteiger partial charge in [0.25, 0.3) is 0 Å². The van der Waals surface area contributed by atoms with Gasteiger partial charge in [-0.05, 0) is 40.9 Å². The molecule has 1 aliphatic heterocycles. The maximum absolute atomic E-state index is 4.42. The molecule has 0 bridgehead atoms. The number of anilines is 2. The van der Waals surface area contributed by atoms with Crippen LogP contribution in [0.2, 0.25) is 0 Å². The molecule has 0 spiro atoms. The Balaban J connectivity index is 1.43. The summed E-state index contributed by atoms with van der Waals surface area (Å²) < 4.78 is 0.861. The molecule has 1 aromatic carbocycles. The summed E-state index contributed by atoms with van der Waals surface area (Å²) in [7, 11) is 0. The first kappa shape index (κ1) is 14.3. The van der Waals surface area contributed by atoms with E-state index in [-0.39, 0.29) is 6.29 Å². The molecule has 1 aliphatic carbocycles. The van der Waals surface area contributed by atoms with E-state index in [0.29, 0.717) is 5.92 Å². The number of hydrogen-bond acceptors (Lipinski definition) is 5. The minimum absolute atomic E-state index is 0.233. The van der Waals surface area contributed by atoms with E-state index in [0.717, 1.165) is 21.8 Å². The zero-order valence-corrected chi connectivity index (χ0v) is 14.0. The Morgan fingerprint density at radius 1 is 1.17 bits per heavy atom. The third-order valence-corrected chi connectivity index (χ3v) is 4.40. The summed E-state index contributed by atoms with van der Waals surface area (Å²) in [6.45, 7) is 0. The van der Waals surface area contributed by atoms with Crippen LogP contribution in [0.15, 0.2) is 51.7 Å². The molecule has 7 heteroatoms. The standard InChI is InChI=1S/C16H17BrN6/c17-12-9-18-16(19-11-4-2-1-3-5-11)21-15(12)20-14-8-13(22-23-14)10-6-7-10/h1-5,8-10,16,19,21H,6-7H2,(H2,20,22,23). The third-order valence-electron chi connectivity index (χ3n) is 3.80. The summed E-state index contributed by atoms with van der Waals surface area (Å²) >= 11 is 3.51. The number of aromatic amines is 1. The fraction of sp³-hybridized carbons (Fsp3) is 0.250. The van der Waals surface area contributed by atoms with Gasteiger partial charge in [0, 0.05) is 29.6 Å². The maximum Gasteiger partial charge on any atom is 0.195 e. The number of nitrogens with zero attached hydrogens (tertiary/aromatic N) is 2. The van der Waals surface area contributed by atoms with Crippen molar-refractivity contribution in [3.63, 3.8) is 0 Å². The van der Waals surface area contributed by atoms with Gasteiger partial charge < -0.3 is 16.0 Å². The number of hydrogen-bond donors (Lipinski definition) is 4. The second-order valence-electron chi connectivity index (χ2n) is 5.67. The average molecular weight is 373 g/mol. The zero-order chi connectivity index (χ0) is 15.6. The summed E-state index contributed by atoms with van der Waals surface area (Å²) in [6.07, 6.45) is 4.06. The van der Waals surface area contributed by atoms with Gasteiger partial charge in [-0.3, -0.25) is 5.10 Å². The monoisotopic (exact) mass is 372 g/mol. The lowest BCUT2D eigenvalue weighted by Crippen LogP contribution is -2.39. The first-order valence-electron chi connectivity index (χ1n) is 7.61. The molecule has 6 nitrogen and oxygen atoms in total. The molecule has 1 fully saturated rings. The molecule has 4 N–H and O–H groups in total. The smallest absolute Gasteiger partial charge is 0.195 e. The molecule has 4 rings (SSSR count). The number of halogens is 1. The van der Waals surface area contributed by atoms with Gasteiger partial charge in [-0.1, -0.05) is 18.2 Å². The van der Waals surface area contributed by atoms with Crippen LogP contribution in [0.4, 0.5) is 11.5 Å². The van der Waals surface area contributed by atoms with E-state index < -0.39 is 0 Å². The molecule has 1 aromatic heterocycles. The Labute approximate surface area is 142 Å². The predicted molar refractivity (Wildman–Crippen MR) is 95.6 cm³/mol. The average Bonchev–Trinajstić information content (AvgIpc) is 3.32. The van der Waals surface area contributed by atoms with E-state index in [1.807, 2.05) is 30.3 Å². The molecule has 0 saturated heterocycles. The van der Waals surface area contributed by atoms with Gasteiger partial charge in [0.05, 0.1) is 4.48 Å². The van der Waals surface area contributed by atoms with E-state index in [1.165, 1.54) is 18.5 Å². The Kier molecular flexibility index (Phi) is 3.78. The second-order valence-corrected chi connectivity index (χ2v) is 6.52. The number of aliphatic imine (C=N–C) groups is 1. The van der Waals surface area contributed by atoms with E-state index >= 15 is 0 Å². The molecular formula is C16H17BrN6. The van der Waals surface area contributed by atoms with Crippen molar-refractivity contribution < 1.29 is 0 Å². The van der Waals surface area contributed by atoms with Gasteiger partial charge >= 0.3 is 0 Å². The molecular weight excluding hydrogens is 356 g/mol. The highest BCUT2D eigenvalue weighted by Crippen LogP contribution is 2.39. The van der Waals surface area contributed by atoms with E-state index in [1.54, 1.807) is 6.21 Å². The van der Waals surface area contributed by atoms with Crippen LogP contribution in [0.1, 0.15) is 24.5 Å². The first-order valence-corrected chi connectivity index (χ1v) is 8.40. The Morgan fingerprint density at radius 2 is 2.00 bits per heavy atom. The van der Waals surface area contributed by atoms with Crippen molar-refractivity contribution >= 4 is 33.6 Å². The lowest BCUT2D eigenvalue weighted by molar-refractivity contribution is 0.653. The molecule has 1 unspecified atom stereocenters. The molecule has 1 atom stereocenters. The van der Waals surface area contributed by atoms with Crippen LogP contribution in [0, 0.1) is 0 Å². The van der Waals surface area contributed by atoms with E-state index in [9.17, 15) is 0 Å². The topological polar surface area (TPSA) is 77.1 Å². The van der Waals surface area contributed by atoms with Crippen LogP contribution >= 0.6 is 15.9 Å². The molecule has 0 amide bonds. The number of rotatable bonds is 5. The van der Waals surface area contributed by atoms with Crippen LogP contribution < -0.4 is 16.0 Å². The van der Waals surface area contributed by atoms with Gasteiger partial charge in [-0.15, -0.1) is 0 Å². The molecule has 2 aliphatic rings. The van der Waals surface area contributed by atoms with Crippen LogP contribution in [0.3, 0.4) is 0 Å². The summed E-state index contributed by atoms with van der Waals surface area (Å²) in [5.74, 6) is 2.30. The van der Waals surface area contributed by atoms with Gasteiger partial charge in [-0.25, -0.2) is 4.99 Å². The minimum Gasteiger partial charge on any atom is -0.347 e. The molecule has 118 valence electrons. The number of allylic oxidation sites excluding steroid dienone is 1. The predicted octanol–water partition coefficient (Wildman–Crippen LogP) is 3.33. The van der Waals surface area contributed by atoms with Crippen molar-refractivity contribution in [2.45, 2.75) is 25.0 Å². The Bertz CT molecular complexity index is 747. The lowest BCUT2D eigenvalue weighted by Gasteiger charge is -2.24. The van der Waals surface area contributed by atoms with Crippen LogP contribution in [0.25, 0.3) is 0 Å². The first-order chi connectivity index (χ1) is 11.3. The van der Waals surface area contributed by atoms with E-state index in [2.05, 4.69) is 53.1 Å². The minimum atomic E-state index is -0.233. The summed E-state index contributed by atoms with van der Waals surface area (Å²) in [6, 6.07) is 12.0. The zero-order valence-electron chi connectivity index (χ0n) is 12.4. The van der Waals surface area contributed by atoms with Crippen molar-refractivity contribution in [2.75, 3.05) is 10.6 Å². The third kappa shape index (κ3) is 3.39. The van der Waals surface area contributed by atoms with Crippen molar-refractivity contribution in [3.05, 3.63) is 52.4 Å². The van der Waals surface area contributed by atoms with Crippen molar-refractivity contribution in [3.8, 4) is 0 Å². The second kappa shape index (κ2) is 6.08. The fourth-order valence-electron chi connectivity index (χ4n) is 2.44. The van der Waals surface area contributed by atoms with Gasteiger partial charge in [-0.2, -0.15) is 5.10 Å². The maximum atomic E-state index is 4.42. The highest BCUT2D eigenvalue weighted by molar-refractivity contribution is 9.12. The van der Waals surface area contributed by atoms with Crippen LogP contribution in [0.5, 0.6) is 0 Å². The number of benzene rings is 1. The highest BCUT2D eigenvalue weighted by atomic mass is 79.9. The summed E-state index contributed by atoms with van der Waals surface area (Å²) in [4.78, 5) is 4.42. The van der Waals surface area contributed by atoms with E-state index in [4.69, 9.17) is 0 Å². The van der Waals surface area contributed by atoms with Gasteiger partial charge in [0.1, 0.15) is 5.82 Å². The van der Waals surface area contributed by atoms with Gasteiger partial charge in [0.2, 0.25) is 0 Å². The van der Waals surface area contributed by atoms with Crippen molar-refractivity contribution in [1.29, 1.82) is 0 Å². The summed E-state index contributed by atoms with van der Waals surface area (Å²) in [5, 5.41) is 17.3. The molecule has 0 radical (unpaired) electrons. The normalized spacial score (nSPS) is 20.3. The van der Waals surface area contributed by atoms with Gasteiger partial charge in [0.15, 0.2) is 12.1 Å². The lowest BCUT2D eigenvalue weighted by atomic mass is 10.3. The SMILES string of the molecule is BrC1=C(Nc2cc(C3CC3)[nH]n2)NC(Nc2ccccc2)N=C1.